The van der Waals surface area contributed by atoms with Crippen molar-refractivity contribution in [1.29, 1.82) is 0 Å². The summed E-state index contributed by atoms with van der Waals surface area (Å²) in [5, 5.41) is 0. The molecular weight excluding hydrogens is 452 g/mol. The van der Waals surface area contributed by atoms with Crippen LogP contribution in [-0.2, 0) is 9.53 Å². The average Bonchev–Trinajstić information content (AvgIpc) is 3.17. The summed E-state index contributed by atoms with van der Waals surface area (Å²) in [6, 6.07) is 14.4. The summed E-state index contributed by atoms with van der Waals surface area (Å²) in [4.78, 5) is 31.3. The fourth-order valence-electron chi connectivity index (χ4n) is 3.86. The van der Waals surface area contributed by atoms with Crippen LogP contribution < -0.4 is 24.4 Å². The van der Waals surface area contributed by atoms with E-state index in [1.54, 1.807) is 38.3 Å². The Morgan fingerprint density at radius 2 is 1.79 bits per heavy atom. The SMILES string of the molecule is COC(=O)C1=C(C)N=c2s/c(=C/C=C/c3ccccc3)c(=O)n2[C@H]1c1ccc(OC)c(OC)c1. The van der Waals surface area contributed by atoms with Gasteiger partial charge in [0.15, 0.2) is 16.3 Å². The van der Waals surface area contributed by atoms with Crippen LogP contribution in [0, 0.1) is 0 Å². The lowest BCUT2D eigenvalue weighted by Gasteiger charge is -2.25. The smallest absolute Gasteiger partial charge is 0.338 e. The second-order valence-electron chi connectivity index (χ2n) is 7.48. The fraction of sp³-hybridized carbons (Fsp3) is 0.192. The predicted molar refractivity (Wildman–Crippen MR) is 132 cm³/mol. The number of fused-ring (bicyclic) bond motifs is 1. The number of aromatic nitrogens is 1. The molecule has 2 heterocycles. The zero-order valence-electron chi connectivity index (χ0n) is 19.3. The van der Waals surface area contributed by atoms with Crippen molar-refractivity contribution in [3.63, 3.8) is 0 Å². The molecule has 1 aliphatic rings. The van der Waals surface area contributed by atoms with Crippen LogP contribution in [0.15, 0.2) is 75.7 Å². The number of esters is 1. The number of thiazole rings is 1. The molecule has 3 aromatic rings. The lowest BCUT2D eigenvalue weighted by molar-refractivity contribution is -0.136. The summed E-state index contributed by atoms with van der Waals surface area (Å²) in [5.74, 6) is 0.496. The Hall–Kier alpha value is -3.91. The highest BCUT2D eigenvalue weighted by molar-refractivity contribution is 7.07. The van der Waals surface area contributed by atoms with E-state index in [4.69, 9.17) is 14.2 Å². The van der Waals surface area contributed by atoms with Gasteiger partial charge in [0.1, 0.15) is 0 Å². The normalized spacial score (nSPS) is 15.8. The first-order valence-electron chi connectivity index (χ1n) is 10.5. The Morgan fingerprint density at radius 3 is 2.47 bits per heavy atom. The summed E-state index contributed by atoms with van der Waals surface area (Å²) in [7, 11) is 4.40. The number of benzene rings is 2. The zero-order valence-corrected chi connectivity index (χ0v) is 20.1. The highest BCUT2D eigenvalue weighted by Gasteiger charge is 2.33. The minimum Gasteiger partial charge on any atom is -0.493 e. The monoisotopic (exact) mass is 476 g/mol. The zero-order chi connectivity index (χ0) is 24.2. The van der Waals surface area contributed by atoms with E-state index in [2.05, 4.69) is 4.99 Å². The van der Waals surface area contributed by atoms with Crippen molar-refractivity contribution in [2.24, 2.45) is 4.99 Å². The third-order valence-electron chi connectivity index (χ3n) is 5.49. The predicted octanol–water partition coefficient (Wildman–Crippen LogP) is 3.09. The van der Waals surface area contributed by atoms with E-state index in [0.29, 0.717) is 37.7 Å². The van der Waals surface area contributed by atoms with Crippen molar-refractivity contribution < 1.29 is 19.0 Å². The molecule has 1 aromatic heterocycles. The number of hydrogen-bond donors (Lipinski definition) is 0. The second-order valence-corrected chi connectivity index (χ2v) is 8.49. The summed E-state index contributed by atoms with van der Waals surface area (Å²) in [6.45, 7) is 1.74. The van der Waals surface area contributed by atoms with Gasteiger partial charge >= 0.3 is 5.97 Å². The number of nitrogens with zero attached hydrogens (tertiary/aromatic N) is 2. The molecule has 4 rings (SSSR count). The van der Waals surface area contributed by atoms with Crippen LogP contribution in [0.4, 0.5) is 0 Å². The van der Waals surface area contributed by atoms with E-state index in [0.717, 1.165) is 5.56 Å². The molecule has 0 aliphatic carbocycles. The van der Waals surface area contributed by atoms with E-state index in [-0.39, 0.29) is 5.56 Å². The van der Waals surface area contributed by atoms with Gasteiger partial charge < -0.3 is 14.2 Å². The van der Waals surface area contributed by atoms with Gasteiger partial charge in [-0.3, -0.25) is 9.36 Å². The summed E-state index contributed by atoms with van der Waals surface area (Å²) in [6.07, 6.45) is 5.52. The number of carbonyl (C=O) groups excluding carboxylic acids is 1. The molecule has 0 radical (unpaired) electrons. The third-order valence-corrected chi connectivity index (χ3v) is 6.49. The highest BCUT2D eigenvalue weighted by atomic mass is 32.1. The molecule has 174 valence electrons. The molecule has 0 amide bonds. The van der Waals surface area contributed by atoms with Crippen molar-refractivity contribution in [3.05, 3.63) is 96.7 Å². The van der Waals surface area contributed by atoms with E-state index < -0.39 is 12.0 Å². The maximum absolute atomic E-state index is 13.5. The number of carbonyl (C=O) groups is 1. The van der Waals surface area contributed by atoms with Gasteiger partial charge in [0.2, 0.25) is 0 Å². The molecule has 0 saturated heterocycles. The quantitative estimate of drug-likeness (QED) is 0.511. The molecule has 8 heteroatoms. The Kier molecular flexibility index (Phi) is 6.79. The van der Waals surface area contributed by atoms with Gasteiger partial charge in [0, 0.05) is 0 Å². The van der Waals surface area contributed by atoms with Crippen LogP contribution in [0.5, 0.6) is 11.5 Å². The molecular formula is C26H24N2O5S. The van der Waals surface area contributed by atoms with Crippen molar-refractivity contribution in [2.75, 3.05) is 21.3 Å². The van der Waals surface area contributed by atoms with Gasteiger partial charge in [-0.2, -0.15) is 0 Å². The third kappa shape index (κ3) is 4.32. The topological polar surface area (TPSA) is 79.1 Å². The van der Waals surface area contributed by atoms with Crippen LogP contribution in [-0.4, -0.2) is 31.9 Å². The van der Waals surface area contributed by atoms with Crippen molar-refractivity contribution >= 4 is 29.5 Å². The van der Waals surface area contributed by atoms with Gasteiger partial charge in [-0.15, -0.1) is 0 Å². The molecule has 0 spiro atoms. The molecule has 0 N–H and O–H groups in total. The van der Waals surface area contributed by atoms with E-state index in [1.807, 2.05) is 42.5 Å². The van der Waals surface area contributed by atoms with Crippen molar-refractivity contribution in [1.82, 2.24) is 4.57 Å². The Morgan fingerprint density at radius 1 is 1.06 bits per heavy atom. The molecule has 0 unspecified atom stereocenters. The van der Waals surface area contributed by atoms with Gasteiger partial charge in [-0.25, -0.2) is 9.79 Å². The van der Waals surface area contributed by atoms with Crippen molar-refractivity contribution in [3.8, 4) is 11.5 Å². The van der Waals surface area contributed by atoms with Crippen LogP contribution in [0.25, 0.3) is 12.2 Å². The van der Waals surface area contributed by atoms with E-state index in [1.165, 1.54) is 30.1 Å². The van der Waals surface area contributed by atoms with Crippen LogP contribution >= 0.6 is 11.3 Å². The maximum Gasteiger partial charge on any atom is 0.338 e. The lowest BCUT2D eigenvalue weighted by atomic mass is 9.95. The van der Waals surface area contributed by atoms with Crippen LogP contribution in [0.3, 0.4) is 0 Å². The molecule has 0 saturated carbocycles. The summed E-state index contributed by atoms with van der Waals surface area (Å²) < 4.78 is 17.9. The van der Waals surface area contributed by atoms with Gasteiger partial charge in [0.25, 0.3) is 5.56 Å². The average molecular weight is 477 g/mol. The standard InChI is InChI=1S/C26H24N2O5S/c1-16-22(25(30)33-4)23(18-13-14-19(31-2)20(15-18)32-3)28-24(29)21(34-26(28)27-16)12-8-11-17-9-6-5-7-10-17/h5-15,23H,1-4H3/b11-8+,21-12+/t23-/m0/s1. The molecule has 2 aromatic carbocycles. The first-order chi connectivity index (χ1) is 16.5. The Balaban J connectivity index is 1.89. The van der Waals surface area contributed by atoms with E-state index in [9.17, 15) is 9.59 Å². The number of allylic oxidation sites excluding steroid dienone is 2. The number of rotatable bonds is 6. The molecule has 1 atom stereocenters. The minimum absolute atomic E-state index is 0.241. The number of hydrogen-bond acceptors (Lipinski definition) is 7. The molecule has 0 fully saturated rings. The summed E-state index contributed by atoms with van der Waals surface area (Å²) in [5.41, 5.74) is 2.27. The largest absolute Gasteiger partial charge is 0.493 e. The molecule has 34 heavy (non-hydrogen) atoms. The molecule has 0 bridgehead atoms. The van der Waals surface area contributed by atoms with Crippen molar-refractivity contribution in [2.45, 2.75) is 13.0 Å². The first-order valence-corrected chi connectivity index (χ1v) is 11.3. The van der Waals surface area contributed by atoms with Crippen LogP contribution in [0.2, 0.25) is 0 Å². The molecule has 7 nitrogen and oxygen atoms in total. The Bertz CT molecular complexity index is 1470. The first kappa shape index (κ1) is 23.3. The van der Waals surface area contributed by atoms with Gasteiger partial charge in [-0.1, -0.05) is 59.9 Å². The summed E-state index contributed by atoms with van der Waals surface area (Å²) >= 11 is 1.27. The highest BCUT2D eigenvalue weighted by Crippen LogP contribution is 2.35. The van der Waals surface area contributed by atoms with E-state index >= 15 is 0 Å². The molecule has 1 aliphatic heterocycles. The van der Waals surface area contributed by atoms with Gasteiger partial charge in [-0.05, 0) is 36.3 Å². The number of methoxy groups -OCH3 is 3. The maximum atomic E-state index is 13.5. The second kappa shape index (κ2) is 9.93. The van der Waals surface area contributed by atoms with Crippen LogP contribution in [0.1, 0.15) is 24.1 Å². The fourth-order valence-corrected chi connectivity index (χ4v) is 4.85. The van der Waals surface area contributed by atoms with Gasteiger partial charge in [0.05, 0.1) is 43.2 Å². The lowest BCUT2D eigenvalue weighted by Crippen LogP contribution is -2.39. The Labute approximate surface area is 200 Å². The number of ether oxygens (including phenoxy) is 3. The minimum atomic E-state index is -0.719.